The van der Waals surface area contributed by atoms with Crippen molar-refractivity contribution in [3.63, 3.8) is 0 Å². The van der Waals surface area contributed by atoms with E-state index in [9.17, 15) is 14.7 Å². The van der Waals surface area contributed by atoms with Gasteiger partial charge in [-0.05, 0) is 57.7 Å². The minimum absolute atomic E-state index is 0.00964. The third-order valence-corrected chi connectivity index (χ3v) is 7.55. The Labute approximate surface area is 207 Å². The summed E-state index contributed by atoms with van der Waals surface area (Å²) in [6.07, 6.45) is 5.39. The van der Waals surface area contributed by atoms with E-state index in [-0.39, 0.29) is 23.9 Å². The first-order valence-corrected chi connectivity index (χ1v) is 12.3. The third kappa shape index (κ3) is 3.53. The second-order valence-corrected chi connectivity index (χ2v) is 9.81. The molecule has 4 aromatic rings. The standard InChI is InChI=1S/C27H28N4O5/c1-14-9-11-30(14)27(34)19-13-31-25(15(19)2)22(8-10-28-31)36-17-4-5-18-23(12-17)35-16(3)24(18)26(33)29-20-6-7-21(20)32/h4-5,8,10,12-14,20-21,32H,6-7,9,11H2,1-3H3,(H,29,33)/t14-,20+,21+/m1/s1. The molecule has 1 saturated carbocycles. The number of likely N-dealkylation sites (tertiary alicyclic amines) is 1. The van der Waals surface area contributed by atoms with Gasteiger partial charge in [-0.25, -0.2) is 4.52 Å². The molecule has 0 bridgehead atoms. The van der Waals surface area contributed by atoms with Crippen molar-refractivity contribution in [1.82, 2.24) is 19.8 Å². The average molecular weight is 489 g/mol. The second kappa shape index (κ2) is 8.37. The molecule has 2 amide bonds. The third-order valence-electron chi connectivity index (χ3n) is 7.55. The molecule has 3 aromatic heterocycles. The van der Waals surface area contributed by atoms with Gasteiger partial charge >= 0.3 is 0 Å². The summed E-state index contributed by atoms with van der Waals surface area (Å²) in [5.41, 5.74) is 3.16. The van der Waals surface area contributed by atoms with Gasteiger partial charge in [0.15, 0.2) is 5.75 Å². The van der Waals surface area contributed by atoms with E-state index in [1.807, 2.05) is 11.8 Å². The summed E-state index contributed by atoms with van der Waals surface area (Å²) in [5, 5.41) is 17.8. The van der Waals surface area contributed by atoms with E-state index in [1.165, 1.54) is 0 Å². The fourth-order valence-electron chi connectivity index (χ4n) is 5.06. The van der Waals surface area contributed by atoms with Gasteiger partial charge in [-0.3, -0.25) is 9.59 Å². The smallest absolute Gasteiger partial charge is 0.256 e. The van der Waals surface area contributed by atoms with Crippen molar-refractivity contribution < 1.29 is 23.8 Å². The van der Waals surface area contributed by atoms with Gasteiger partial charge in [-0.15, -0.1) is 0 Å². The van der Waals surface area contributed by atoms with Crippen molar-refractivity contribution in [2.24, 2.45) is 0 Å². The van der Waals surface area contributed by atoms with Crippen LogP contribution in [0.4, 0.5) is 0 Å². The number of hydrogen-bond acceptors (Lipinski definition) is 6. The van der Waals surface area contributed by atoms with Crippen molar-refractivity contribution in [2.45, 2.75) is 58.2 Å². The Morgan fingerprint density at radius 2 is 2.03 bits per heavy atom. The molecule has 4 heterocycles. The molecule has 0 spiro atoms. The van der Waals surface area contributed by atoms with E-state index < -0.39 is 6.10 Å². The molecule has 1 aliphatic heterocycles. The fraction of sp³-hybridized carbons (Fsp3) is 0.370. The first-order valence-electron chi connectivity index (χ1n) is 12.3. The predicted octanol–water partition coefficient (Wildman–Crippen LogP) is 3.98. The Morgan fingerprint density at radius 3 is 2.69 bits per heavy atom. The molecule has 1 aliphatic carbocycles. The summed E-state index contributed by atoms with van der Waals surface area (Å²) in [6.45, 7) is 6.48. The van der Waals surface area contributed by atoms with Crippen molar-refractivity contribution >= 4 is 28.3 Å². The summed E-state index contributed by atoms with van der Waals surface area (Å²) in [5.74, 6) is 1.37. The topological polar surface area (TPSA) is 109 Å². The van der Waals surface area contributed by atoms with Gasteiger partial charge in [0.05, 0.1) is 29.5 Å². The molecular formula is C27H28N4O5. The van der Waals surface area contributed by atoms with Gasteiger partial charge in [-0.2, -0.15) is 5.10 Å². The molecule has 2 aliphatic rings. The van der Waals surface area contributed by atoms with Gasteiger partial charge in [0, 0.05) is 36.3 Å². The zero-order chi connectivity index (χ0) is 25.1. The first kappa shape index (κ1) is 22.6. The van der Waals surface area contributed by atoms with Gasteiger partial charge in [0.1, 0.15) is 22.6 Å². The van der Waals surface area contributed by atoms with Crippen LogP contribution < -0.4 is 10.1 Å². The molecule has 36 heavy (non-hydrogen) atoms. The van der Waals surface area contributed by atoms with Crippen molar-refractivity contribution in [3.05, 3.63) is 59.1 Å². The molecule has 0 radical (unpaired) electrons. The minimum Gasteiger partial charge on any atom is -0.460 e. The van der Waals surface area contributed by atoms with Crippen LogP contribution in [0.2, 0.25) is 0 Å². The number of hydrogen-bond donors (Lipinski definition) is 2. The molecular weight excluding hydrogens is 460 g/mol. The summed E-state index contributed by atoms with van der Waals surface area (Å²) >= 11 is 0. The Balaban J connectivity index is 1.30. The number of carbonyl (C=O) groups excluding carboxylic acids is 2. The lowest BCUT2D eigenvalue weighted by atomic mass is 9.89. The quantitative estimate of drug-likeness (QED) is 0.440. The maximum Gasteiger partial charge on any atom is 0.256 e. The molecule has 2 fully saturated rings. The van der Waals surface area contributed by atoms with Crippen LogP contribution in [-0.2, 0) is 0 Å². The summed E-state index contributed by atoms with van der Waals surface area (Å²) in [4.78, 5) is 27.7. The number of aromatic nitrogens is 2. The van der Waals surface area contributed by atoms with Gasteiger partial charge in [0.25, 0.3) is 11.8 Å². The lowest BCUT2D eigenvalue weighted by molar-refractivity contribution is 0.0447. The SMILES string of the molecule is Cc1oc2cc(Oc3ccnn4cc(C(=O)N5CC[C@H]5C)c(C)c34)ccc2c1C(=O)N[C@H]1CC[C@@H]1O. The maximum absolute atomic E-state index is 13.0. The summed E-state index contributed by atoms with van der Waals surface area (Å²) < 4.78 is 13.8. The number of aliphatic hydroxyl groups excluding tert-OH is 1. The molecule has 1 saturated heterocycles. The first-order chi connectivity index (χ1) is 17.3. The number of ether oxygens (including phenoxy) is 1. The van der Waals surface area contributed by atoms with Crippen LogP contribution in [0, 0.1) is 13.8 Å². The molecule has 1 aromatic carbocycles. The van der Waals surface area contributed by atoms with Crippen LogP contribution in [0.15, 0.2) is 41.1 Å². The van der Waals surface area contributed by atoms with E-state index in [2.05, 4.69) is 17.3 Å². The van der Waals surface area contributed by atoms with Crippen LogP contribution in [-0.4, -0.2) is 56.2 Å². The number of furan rings is 1. The van der Waals surface area contributed by atoms with Gasteiger partial charge < -0.3 is 24.5 Å². The highest BCUT2D eigenvalue weighted by Crippen LogP contribution is 2.35. The highest BCUT2D eigenvalue weighted by molar-refractivity contribution is 6.07. The van der Waals surface area contributed by atoms with Crippen LogP contribution in [0.25, 0.3) is 16.5 Å². The number of benzene rings is 1. The van der Waals surface area contributed by atoms with Gasteiger partial charge in [0.2, 0.25) is 0 Å². The van der Waals surface area contributed by atoms with E-state index in [4.69, 9.17) is 9.15 Å². The van der Waals surface area contributed by atoms with E-state index in [1.54, 1.807) is 48.1 Å². The molecule has 9 nitrogen and oxygen atoms in total. The highest BCUT2D eigenvalue weighted by atomic mass is 16.5. The molecule has 3 atom stereocenters. The van der Waals surface area contributed by atoms with Crippen LogP contribution in [0.3, 0.4) is 0 Å². The van der Waals surface area contributed by atoms with E-state index >= 15 is 0 Å². The number of aryl methyl sites for hydroxylation is 2. The van der Waals surface area contributed by atoms with Crippen molar-refractivity contribution in [3.8, 4) is 11.5 Å². The van der Waals surface area contributed by atoms with E-state index in [0.717, 1.165) is 30.5 Å². The Bertz CT molecular complexity index is 1520. The fourth-order valence-corrected chi connectivity index (χ4v) is 5.06. The number of carbonyl (C=O) groups is 2. The molecule has 9 heteroatoms. The normalized spacial score (nSPS) is 21.3. The number of nitrogens with one attached hydrogen (secondary N) is 1. The zero-order valence-electron chi connectivity index (χ0n) is 20.4. The maximum atomic E-state index is 13.0. The number of fused-ring (bicyclic) bond motifs is 2. The molecule has 0 unspecified atom stereocenters. The average Bonchev–Trinajstić information content (AvgIpc) is 3.36. The molecule has 186 valence electrons. The Kier molecular flexibility index (Phi) is 5.26. The lowest BCUT2D eigenvalue weighted by Gasteiger charge is -2.38. The number of amides is 2. The van der Waals surface area contributed by atoms with Crippen LogP contribution in [0.5, 0.6) is 11.5 Å². The largest absolute Gasteiger partial charge is 0.460 e. The predicted molar refractivity (Wildman–Crippen MR) is 133 cm³/mol. The Morgan fingerprint density at radius 1 is 1.19 bits per heavy atom. The number of nitrogens with zero attached hydrogens (tertiary/aromatic N) is 3. The lowest BCUT2D eigenvalue weighted by Crippen LogP contribution is -2.50. The number of rotatable bonds is 5. The molecule has 2 N–H and O–H groups in total. The Hall–Kier alpha value is -3.85. The zero-order valence-corrected chi connectivity index (χ0v) is 20.4. The monoisotopic (exact) mass is 488 g/mol. The van der Waals surface area contributed by atoms with Crippen LogP contribution >= 0.6 is 0 Å². The number of aliphatic hydroxyl groups is 1. The van der Waals surface area contributed by atoms with Crippen molar-refractivity contribution in [2.75, 3.05) is 6.54 Å². The van der Waals surface area contributed by atoms with E-state index in [0.29, 0.717) is 45.8 Å². The van der Waals surface area contributed by atoms with Crippen LogP contribution in [0.1, 0.15) is 58.2 Å². The molecule has 6 rings (SSSR count). The van der Waals surface area contributed by atoms with Gasteiger partial charge in [-0.1, -0.05) is 0 Å². The summed E-state index contributed by atoms with van der Waals surface area (Å²) in [7, 11) is 0. The summed E-state index contributed by atoms with van der Waals surface area (Å²) in [6, 6.07) is 7.14. The van der Waals surface area contributed by atoms with Crippen molar-refractivity contribution in [1.29, 1.82) is 0 Å². The minimum atomic E-state index is -0.493. The highest BCUT2D eigenvalue weighted by Gasteiger charge is 2.33. The second-order valence-electron chi connectivity index (χ2n) is 9.81.